The molecule has 2 aromatic heterocycles. The molecule has 0 saturated heterocycles. The van der Waals surface area contributed by atoms with Gasteiger partial charge in [-0.3, -0.25) is 0 Å². The summed E-state index contributed by atoms with van der Waals surface area (Å²) >= 11 is 1.66. The molecule has 4 rings (SSSR count). The lowest BCUT2D eigenvalue weighted by atomic mass is 9.75. The molecule has 1 aromatic carbocycles. The van der Waals surface area contributed by atoms with Crippen LogP contribution in [0.2, 0.25) is 0 Å². The Kier molecular flexibility index (Phi) is 2.26. The van der Waals surface area contributed by atoms with Crippen LogP contribution in [0.3, 0.4) is 0 Å². The summed E-state index contributed by atoms with van der Waals surface area (Å²) in [7, 11) is 0. The molecule has 94 valence electrons. The van der Waals surface area contributed by atoms with Crippen LogP contribution in [-0.2, 0) is 6.42 Å². The van der Waals surface area contributed by atoms with E-state index in [1.165, 1.54) is 11.1 Å². The van der Waals surface area contributed by atoms with E-state index in [1.807, 2.05) is 11.4 Å². The maximum Gasteiger partial charge on any atom is 0.175 e. The van der Waals surface area contributed by atoms with E-state index in [4.69, 9.17) is 10.3 Å². The normalized spacial score (nSPS) is 16.9. The SMILES string of the molecule is Nc1noc(C2Cc3ccccc32)c1-c1cccs1. The number of nitrogen functional groups attached to an aromatic ring is 1. The zero-order valence-corrected chi connectivity index (χ0v) is 11.0. The van der Waals surface area contributed by atoms with Crippen molar-refractivity contribution in [2.24, 2.45) is 0 Å². The second kappa shape index (κ2) is 3.96. The topological polar surface area (TPSA) is 52.0 Å². The van der Waals surface area contributed by atoms with E-state index < -0.39 is 0 Å². The number of rotatable bonds is 2. The maximum absolute atomic E-state index is 5.97. The Balaban J connectivity index is 1.83. The van der Waals surface area contributed by atoms with Gasteiger partial charge in [-0.1, -0.05) is 35.5 Å². The third kappa shape index (κ3) is 1.53. The fraction of sp³-hybridized carbons (Fsp3) is 0.133. The minimum Gasteiger partial charge on any atom is -0.380 e. The molecule has 0 fully saturated rings. The molecule has 1 aliphatic carbocycles. The van der Waals surface area contributed by atoms with Gasteiger partial charge in [-0.2, -0.15) is 0 Å². The van der Waals surface area contributed by atoms with Gasteiger partial charge in [-0.15, -0.1) is 11.3 Å². The average Bonchev–Trinajstić information content (AvgIpc) is 3.01. The van der Waals surface area contributed by atoms with Gasteiger partial charge in [0.2, 0.25) is 0 Å². The van der Waals surface area contributed by atoms with E-state index >= 15 is 0 Å². The molecular weight excluding hydrogens is 256 g/mol. The molecule has 0 saturated carbocycles. The fourth-order valence-electron chi connectivity index (χ4n) is 2.71. The van der Waals surface area contributed by atoms with Crippen molar-refractivity contribution >= 4 is 17.2 Å². The Morgan fingerprint density at radius 2 is 2.11 bits per heavy atom. The number of aromatic nitrogens is 1. The second-order valence-electron chi connectivity index (χ2n) is 4.74. The van der Waals surface area contributed by atoms with Crippen LogP contribution in [0, 0.1) is 0 Å². The number of nitrogens with two attached hydrogens (primary N) is 1. The molecule has 1 unspecified atom stereocenters. The maximum atomic E-state index is 5.97. The predicted octanol–water partition coefficient (Wildman–Crippen LogP) is 3.67. The zero-order chi connectivity index (χ0) is 12.8. The van der Waals surface area contributed by atoms with Crippen molar-refractivity contribution in [3.05, 3.63) is 58.7 Å². The first kappa shape index (κ1) is 10.8. The minimum absolute atomic E-state index is 0.290. The Labute approximate surface area is 114 Å². The van der Waals surface area contributed by atoms with E-state index in [9.17, 15) is 0 Å². The summed E-state index contributed by atoms with van der Waals surface area (Å²) in [5.41, 5.74) is 9.66. The van der Waals surface area contributed by atoms with Crippen LogP contribution in [0.15, 0.2) is 46.3 Å². The van der Waals surface area contributed by atoms with Gasteiger partial charge in [0.25, 0.3) is 0 Å². The Bertz CT molecular complexity index is 730. The monoisotopic (exact) mass is 268 g/mol. The quantitative estimate of drug-likeness (QED) is 0.771. The van der Waals surface area contributed by atoms with Gasteiger partial charge in [0, 0.05) is 4.88 Å². The molecule has 1 atom stereocenters. The lowest BCUT2D eigenvalue weighted by molar-refractivity contribution is 0.365. The van der Waals surface area contributed by atoms with Gasteiger partial charge in [0.1, 0.15) is 0 Å². The van der Waals surface area contributed by atoms with E-state index in [2.05, 4.69) is 35.5 Å². The Morgan fingerprint density at radius 1 is 1.21 bits per heavy atom. The van der Waals surface area contributed by atoms with Gasteiger partial charge >= 0.3 is 0 Å². The van der Waals surface area contributed by atoms with Crippen molar-refractivity contribution in [2.75, 3.05) is 5.73 Å². The fourth-order valence-corrected chi connectivity index (χ4v) is 3.50. The molecule has 3 aromatic rings. The number of nitrogens with zero attached hydrogens (tertiary/aromatic N) is 1. The first-order valence-electron chi connectivity index (χ1n) is 6.21. The van der Waals surface area contributed by atoms with Crippen LogP contribution in [0.25, 0.3) is 10.4 Å². The lowest BCUT2D eigenvalue weighted by Crippen LogP contribution is -2.17. The highest BCUT2D eigenvalue weighted by atomic mass is 32.1. The van der Waals surface area contributed by atoms with E-state index in [1.54, 1.807) is 11.3 Å². The molecule has 2 N–H and O–H groups in total. The lowest BCUT2D eigenvalue weighted by Gasteiger charge is -2.28. The van der Waals surface area contributed by atoms with E-state index in [0.29, 0.717) is 5.82 Å². The number of fused-ring (bicyclic) bond motifs is 1. The third-order valence-corrected chi connectivity index (χ3v) is 4.57. The van der Waals surface area contributed by atoms with Gasteiger partial charge in [-0.05, 0) is 29.0 Å². The molecule has 2 heterocycles. The minimum atomic E-state index is 0.290. The number of thiophene rings is 1. The van der Waals surface area contributed by atoms with Gasteiger partial charge < -0.3 is 10.3 Å². The standard InChI is InChI=1S/C15H12N2OS/c16-15-13(12-6-3-7-19-12)14(18-17-15)11-8-9-4-1-2-5-10(9)11/h1-7,11H,8H2,(H2,16,17). The zero-order valence-electron chi connectivity index (χ0n) is 10.2. The summed E-state index contributed by atoms with van der Waals surface area (Å²) in [6, 6.07) is 12.5. The van der Waals surface area contributed by atoms with E-state index in [-0.39, 0.29) is 5.92 Å². The molecule has 19 heavy (non-hydrogen) atoms. The number of hydrogen-bond acceptors (Lipinski definition) is 4. The number of hydrogen-bond donors (Lipinski definition) is 1. The number of benzene rings is 1. The van der Waals surface area contributed by atoms with Crippen molar-refractivity contribution in [2.45, 2.75) is 12.3 Å². The predicted molar refractivity (Wildman–Crippen MR) is 76.2 cm³/mol. The molecule has 0 bridgehead atoms. The summed E-state index contributed by atoms with van der Waals surface area (Å²) in [5.74, 6) is 1.68. The van der Waals surface area contributed by atoms with Crippen LogP contribution in [0.4, 0.5) is 5.82 Å². The van der Waals surface area contributed by atoms with Crippen LogP contribution in [0.5, 0.6) is 0 Å². The third-order valence-electron chi connectivity index (χ3n) is 3.68. The molecule has 1 aliphatic rings. The molecule has 0 aliphatic heterocycles. The summed E-state index contributed by atoms with van der Waals surface area (Å²) in [6.45, 7) is 0. The molecule has 3 nitrogen and oxygen atoms in total. The van der Waals surface area contributed by atoms with Crippen molar-refractivity contribution in [3.8, 4) is 10.4 Å². The summed E-state index contributed by atoms with van der Waals surface area (Å²) in [6.07, 6.45) is 1.00. The highest BCUT2D eigenvalue weighted by molar-refractivity contribution is 7.13. The second-order valence-corrected chi connectivity index (χ2v) is 5.69. The Morgan fingerprint density at radius 3 is 2.89 bits per heavy atom. The largest absolute Gasteiger partial charge is 0.380 e. The highest BCUT2D eigenvalue weighted by Gasteiger charge is 2.33. The van der Waals surface area contributed by atoms with Crippen LogP contribution >= 0.6 is 11.3 Å². The first-order valence-corrected chi connectivity index (χ1v) is 7.09. The van der Waals surface area contributed by atoms with Crippen LogP contribution in [0.1, 0.15) is 22.8 Å². The van der Waals surface area contributed by atoms with Gasteiger partial charge in [0.15, 0.2) is 11.6 Å². The van der Waals surface area contributed by atoms with Gasteiger partial charge in [-0.25, -0.2) is 0 Å². The average molecular weight is 268 g/mol. The molecule has 0 radical (unpaired) electrons. The van der Waals surface area contributed by atoms with Crippen molar-refractivity contribution < 1.29 is 4.52 Å². The van der Waals surface area contributed by atoms with Crippen LogP contribution < -0.4 is 5.73 Å². The molecule has 0 spiro atoms. The molecular formula is C15H12N2OS. The van der Waals surface area contributed by atoms with Crippen molar-refractivity contribution in [3.63, 3.8) is 0 Å². The van der Waals surface area contributed by atoms with E-state index in [0.717, 1.165) is 22.6 Å². The van der Waals surface area contributed by atoms with Crippen LogP contribution in [-0.4, -0.2) is 5.16 Å². The van der Waals surface area contributed by atoms with Crippen molar-refractivity contribution in [1.29, 1.82) is 0 Å². The van der Waals surface area contributed by atoms with Gasteiger partial charge in [0.05, 0.1) is 11.5 Å². The number of anilines is 1. The smallest absolute Gasteiger partial charge is 0.175 e. The summed E-state index contributed by atoms with van der Waals surface area (Å²) < 4.78 is 5.51. The summed E-state index contributed by atoms with van der Waals surface area (Å²) in [5, 5.41) is 6.00. The summed E-state index contributed by atoms with van der Waals surface area (Å²) in [4.78, 5) is 1.12. The Hall–Kier alpha value is -2.07. The highest BCUT2D eigenvalue weighted by Crippen LogP contribution is 2.46. The molecule has 0 amide bonds. The molecule has 4 heteroatoms. The first-order chi connectivity index (χ1) is 9.34. The van der Waals surface area contributed by atoms with Crippen molar-refractivity contribution in [1.82, 2.24) is 5.16 Å².